The van der Waals surface area contributed by atoms with E-state index < -0.39 is 0 Å². The van der Waals surface area contributed by atoms with Gasteiger partial charge in [0.05, 0.1) is 6.61 Å². The predicted octanol–water partition coefficient (Wildman–Crippen LogP) is 5.32. The second-order valence-electron chi connectivity index (χ2n) is 8.34. The van der Waals surface area contributed by atoms with E-state index in [1.54, 1.807) is 24.3 Å². The van der Waals surface area contributed by atoms with Gasteiger partial charge in [0.1, 0.15) is 5.75 Å². The van der Waals surface area contributed by atoms with Gasteiger partial charge >= 0.3 is 6.03 Å². The third kappa shape index (κ3) is 6.83. The van der Waals surface area contributed by atoms with Crippen LogP contribution in [0.5, 0.6) is 5.75 Å². The van der Waals surface area contributed by atoms with E-state index in [0.29, 0.717) is 49.4 Å². The quantitative estimate of drug-likeness (QED) is 0.333. The molecule has 0 saturated carbocycles. The van der Waals surface area contributed by atoms with Crippen LogP contribution in [0, 0.1) is 6.92 Å². The molecule has 3 aromatic carbocycles. The number of nitrogens with one attached hydrogen (secondary N) is 4. The van der Waals surface area contributed by atoms with Gasteiger partial charge in [-0.05, 0) is 73.4 Å². The molecule has 4 N–H and O–H groups in total. The normalized spacial score (nSPS) is 12.2. The van der Waals surface area contributed by atoms with E-state index in [2.05, 4.69) is 21.3 Å². The molecule has 0 saturated heterocycles. The maximum atomic E-state index is 12.5. The van der Waals surface area contributed by atoms with Crippen molar-refractivity contribution in [2.24, 2.45) is 0 Å². The van der Waals surface area contributed by atoms with Crippen LogP contribution >= 0.6 is 0 Å². The molecular formula is C27H28N4O4. The van der Waals surface area contributed by atoms with Gasteiger partial charge in [-0.15, -0.1) is 0 Å². The molecular weight excluding hydrogens is 444 g/mol. The Balaban J connectivity index is 1.23. The van der Waals surface area contributed by atoms with Crippen molar-refractivity contribution in [2.45, 2.75) is 32.6 Å². The summed E-state index contributed by atoms with van der Waals surface area (Å²) in [6, 6.07) is 19.8. The Morgan fingerprint density at radius 1 is 0.914 bits per heavy atom. The summed E-state index contributed by atoms with van der Waals surface area (Å²) in [7, 11) is 0. The molecule has 8 heteroatoms. The molecule has 0 spiro atoms. The number of carbonyl (C=O) groups excluding carboxylic acids is 3. The van der Waals surface area contributed by atoms with E-state index in [1.807, 2.05) is 49.4 Å². The Morgan fingerprint density at radius 2 is 1.71 bits per heavy atom. The minimum Gasteiger partial charge on any atom is -0.494 e. The highest BCUT2D eigenvalue weighted by atomic mass is 16.5. The lowest BCUT2D eigenvalue weighted by Gasteiger charge is -2.17. The zero-order valence-electron chi connectivity index (χ0n) is 19.5. The molecule has 0 atom stereocenters. The monoisotopic (exact) mass is 472 g/mol. The Bertz CT molecular complexity index is 1230. The van der Waals surface area contributed by atoms with Gasteiger partial charge in [-0.3, -0.25) is 9.59 Å². The van der Waals surface area contributed by atoms with E-state index in [-0.39, 0.29) is 17.8 Å². The molecule has 35 heavy (non-hydrogen) atoms. The topological polar surface area (TPSA) is 109 Å². The first-order chi connectivity index (χ1) is 17.0. The van der Waals surface area contributed by atoms with Gasteiger partial charge in [-0.2, -0.15) is 0 Å². The molecule has 0 unspecified atom stereocenters. The number of para-hydroxylation sites is 1. The van der Waals surface area contributed by atoms with Gasteiger partial charge in [0, 0.05) is 35.6 Å². The number of hydrogen-bond donors (Lipinski definition) is 4. The van der Waals surface area contributed by atoms with Crippen molar-refractivity contribution >= 4 is 40.6 Å². The van der Waals surface area contributed by atoms with Crippen LogP contribution in [-0.4, -0.2) is 24.5 Å². The highest BCUT2D eigenvalue weighted by Crippen LogP contribution is 2.27. The second kappa shape index (κ2) is 11.2. The molecule has 4 rings (SSSR count). The van der Waals surface area contributed by atoms with Gasteiger partial charge in [0.25, 0.3) is 0 Å². The van der Waals surface area contributed by atoms with Crippen molar-refractivity contribution in [2.75, 3.05) is 27.9 Å². The first kappa shape index (κ1) is 23.8. The first-order valence-corrected chi connectivity index (χ1v) is 11.6. The van der Waals surface area contributed by atoms with Crippen LogP contribution in [-0.2, 0) is 16.0 Å². The largest absolute Gasteiger partial charge is 0.494 e. The van der Waals surface area contributed by atoms with Crippen LogP contribution in [0.25, 0.3) is 0 Å². The minimum atomic E-state index is -0.362. The van der Waals surface area contributed by atoms with Crippen LogP contribution in [0.2, 0.25) is 0 Å². The summed E-state index contributed by atoms with van der Waals surface area (Å²) in [5.74, 6) is 0.628. The summed E-state index contributed by atoms with van der Waals surface area (Å²) < 4.78 is 5.79. The fourth-order valence-corrected chi connectivity index (χ4v) is 3.73. The maximum Gasteiger partial charge on any atom is 0.323 e. The van der Waals surface area contributed by atoms with Gasteiger partial charge in [0.15, 0.2) is 0 Å². The molecule has 1 aliphatic heterocycles. The van der Waals surface area contributed by atoms with E-state index in [1.165, 1.54) is 0 Å². The number of fused-ring (bicyclic) bond motifs is 1. The summed E-state index contributed by atoms with van der Waals surface area (Å²) in [6.07, 6.45) is 2.02. The fourth-order valence-electron chi connectivity index (χ4n) is 3.73. The zero-order chi connectivity index (χ0) is 24.6. The second-order valence-corrected chi connectivity index (χ2v) is 8.34. The molecule has 0 bridgehead atoms. The molecule has 180 valence electrons. The Labute approximate surface area is 204 Å². The predicted molar refractivity (Wildman–Crippen MR) is 137 cm³/mol. The summed E-state index contributed by atoms with van der Waals surface area (Å²) >= 11 is 0. The van der Waals surface area contributed by atoms with E-state index in [9.17, 15) is 14.4 Å². The standard InChI is InChI=1S/C27H28N4O4/c1-18-9-11-21(29-27(34)28-20-6-3-2-4-7-20)17-24(18)31-25(32)8-5-15-35-22-12-13-23-19(16-22)10-14-26(33)30-23/h2-4,6-7,9,11-13,16-17H,5,8,10,14-15H2,1H3,(H,30,33)(H,31,32)(H2,28,29,34). The van der Waals surface area contributed by atoms with Crippen LogP contribution in [0.4, 0.5) is 27.5 Å². The number of carbonyl (C=O) groups is 3. The molecule has 1 aliphatic rings. The number of aryl methyl sites for hydroxylation is 2. The molecule has 1 heterocycles. The number of ether oxygens (including phenoxy) is 1. The lowest BCUT2D eigenvalue weighted by molar-refractivity contribution is -0.117. The summed E-state index contributed by atoms with van der Waals surface area (Å²) in [4.78, 5) is 36.2. The molecule has 0 aliphatic carbocycles. The number of hydrogen-bond acceptors (Lipinski definition) is 4. The Hall–Kier alpha value is -4.33. The van der Waals surface area contributed by atoms with Crippen LogP contribution in [0.3, 0.4) is 0 Å². The maximum absolute atomic E-state index is 12.5. The van der Waals surface area contributed by atoms with Gasteiger partial charge in [-0.1, -0.05) is 24.3 Å². The number of anilines is 4. The molecule has 3 aromatic rings. The SMILES string of the molecule is Cc1ccc(NC(=O)Nc2ccccc2)cc1NC(=O)CCCOc1ccc2c(c1)CCC(=O)N2. The van der Waals surface area contributed by atoms with E-state index >= 15 is 0 Å². The third-order valence-corrected chi connectivity index (χ3v) is 5.59. The van der Waals surface area contributed by atoms with Crippen LogP contribution < -0.4 is 26.0 Å². The van der Waals surface area contributed by atoms with Gasteiger partial charge in [0.2, 0.25) is 11.8 Å². The van der Waals surface area contributed by atoms with Gasteiger partial charge in [-0.25, -0.2) is 4.79 Å². The minimum absolute atomic E-state index is 0.0317. The Morgan fingerprint density at radius 3 is 2.54 bits per heavy atom. The number of rotatable bonds is 8. The number of urea groups is 1. The van der Waals surface area contributed by atoms with E-state index in [0.717, 1.165) is 22.6 Å². The van der Waals surface area contributed by atoms with Crippen molar-refractivity contribution in [3.63, 3.8) is 0 Å². The molecule has 0 radical (unpaired) electrons. The van der Waals surface area contributed by atoms with Crippen molar-refractivity contribution in [3.05, 3.63) is 77.9 Å². The number of benzene rings is 3. The van der Waals surface area contributed by atoms with Crippen molar-refractivity contribution < 1.29 is 19.1 Å². The van der Waals surface area contributed by atoms with Crippen LogP contribution in [0.15, 0.2) is 66.7 Å². The third-order valence-electron chi connectivity index (χ3n) is 5.59. The average molecular weight is 473 g/mol. The van der Waals surface area contributed by atoms with Crippen molar-refractivity contribution in [1.82, 2.24) is 0 Å². The van der Waals surface area contributed by atoms with Crippen molar-refractivity contribution in [1.29, 1.82) is 0 Å². The zero-order valence-corrected chi connectivity index (χ0v) is 19.5. The van der Waals surface area contributed by atoms with E-state index in [4.69, 9.17) is 4.74 Å². The lowest BCUT2D eigenvalue weighted by atomic mass is 10.0. The van der Waals surface area contributed by atoms with Crippen LogP contribution in [0.1, 0.15) is 30.4 Å². The highest BCUT2D eigenvalue weighted by molar-refractivity contribution is 6.00. The molecule has 0 fully saturated rings. The van der Waals surface area contributed by atoms with Gasteiger partial charge < -0.3 is 26.0 Å². The summed E-state index contributed by atoms with van der Waals surface area (Å²) in [6.45, 7) is 2.30. The molecule has 4 amide bonds. The number of amides is 4. The smallest absolute Gasteiger partial charge is 0.323 e. The summed E-state index contributed by atoms with van der Waals surface area (Å²) in [5, 5.41) is 11.3. The molecule has 0 aromatic heterocycles. The van der Waals surface area contributed by atoms with Crippen molar-refractivity contribution in [3.8, 4) is 5.75 Å². The fraction of sp³-hybridized carbons (Fsp3) is 0.222. The Kier molecular flexibility index (Phi) is 7.62. The first-order valence-electron chi connectivity index (χ1n) is 11.6. The average Bonchev–Trinajstić information content (AvgIpc) is 2.84. The highest BCUT2D eigenvalue weighted by Gasteiger charge is 2.15. The molecule has 8 nitrogen and oxygen atoms in total. The lowest BCUT2D eigenvalue weighted by Crippen LogP contribution is -2.20. The summed E-state index contributed by atoms with van der Waals surface area (Å²) in [5.41, 5.74) is 4.69.